The predicted octanol–water partition coefficient (Wildman–Crippen LogP) is 3.16. The molecule has 26 heavy (non-hydrogen) atoms. The van der Waals surface area contributed by atoms with Gasteiger partial charge in [0, 0.05) is 5.56 Å². The van der Waals surface area contributed by atoms with Gasteiger partial charge in [0.25, 0.3) is 5.91 Å². The van der Waals surface area contributed by atoms with Crippen LogP contribution in [-0.2, 0) is 6.61 Å². The molecule has 1 amide bonds. The maximum absolute atomic E-state index is 13.2. The second kappa shape index (κ2) is 6.89. The van der Waals surface area contributed by atoms with Crippen LogP contribution in [0.15, 0.2) is 54.6 Å². The molecule has 9 heteroatoms. The molecular weight excluding hydrogens is 357 g/mol. The average Bonchev–Trinajstić information content (AvgIpc) is 3.21. The number of halogens is 1. The van der Waals surface area contributed by atoms with E-state index in [0.29, 0.717) is 21.7 Å². The summed E-state index contributed by atoms with van der Waals surface area (Å²) in [5.41, 5.74) is 0.212. The molecule has 7 nitrogen and oxygen atoms in total. The van der Waals surface area contributed by atoms with Crippen molar-refractivity contribution >= 4 is 27.3 Å². The zero-order valence-electron chi connectivity index (χ0n) is 13.3. The Bertz CT molecular complexity index is 1060. The number of nitrogens with zero attached hydrogens (tertiary/aromatic N) is 4. The van der Waals surface area contributed by atoms with Gasteiger partial charge in [0.05, 0.1) is 0 Å². The van der Waals surface area contributed by atoms with Gasteiger partial charge in [0.2, 0.25) is 10.1 Å². The number of rotatable bonds is 5. The topological polar surface area (TPSA) is 81.4 Å². The highest BCUT2D eigenvalue weighted by atomic mass is 32.1. The number of ether oxygens (including phenoxy) is 1. The number of benzene rings is 2. The van der Waals surface area contributed by atoms with Crippen molar-refractivity contribution in [2.45, 2.75) is 6.61 Å². The van der Waals surface area contributed by atoms with E-state index < -0.39 is 11.7 Å². The lowest BCUT2D eigenvalue weighted by molar-refractivity contribution is 0.102. The molecule has 0 bridgehead atoms. The van der Waals surface area contributed by atoms with Crippen LogP contribution in [0.3, 0.4) is 0 Å². The van der Waals surface area contributed by atoms with Crippen LogP contribution in [0.25, 0.3) is 4.96 Å². The molecular formula is C17H12FN5O2S. The molecule has 0 atom stereocenters. The lowest BCUT2D eigenvalue weighted by Crippen LogP contribution is -2.12. The smallest absolute Gasteiger partial charge is 0.257 e. The fourth-order valence-corrected chi connectivity index (χ4v) is 3.02. The predicted molar refractivity (Wildman–Crippen MR) is 93.8 cm³/mol. The van der Waals surface area contributed by atoms with Gasteiger partial charge in [0.1, 0.15) is 18.2 Å². The number of nitrogens with one attached hydrogen (secondary N) is 1. The molecule has 0 aliphatic heterocycles. The number of hydrogen-bond donors (Lipinski definition) is 1. The van der Waals surface area contributed by atoms with Crippen LogP contribution >= 0.6 is 11.3 Å². The molecule has 0 radical (unpaired) electrons. The minimum absolute atomic E-state index is 0.187. The van der Waals surface area contributed by atoms with E-state index in [4.69, 9.17) is 4.74 Å². The standard InChI is InChI=1S/C17H12FN5O2S/c18-12-6-4-5-11(9-12)15(24)19-16-22-23-14(20-21-17(23)26-16)10-25-13-7-2-1-3-8-13/h1-9H,10H2,(H,19,22,24). The highest BCUT2D eigenvalue weighted by molar-refractivity contribution is 7.20. The molecule has 2 aromatic carbocycles. The number of carbonyl (C=O) groups is 1. The number of carbonyl (C=O) groups excluding carboxylic acids is 1. The van der Waals surface area contributed by atoms with Gasteiger partial charge >= 0.3 is 0 Å². The minimum atomic E-state index is -0.476. The zero-order chi connectivity index (χ0) is 17.9. The maximum atomic E-state index is 13.2. The van der Waals surface area contributed by atoms with Gasteiger partial charge in [0.15, 0.2) is 5.82 Å². The van der Waals surface area contributed by atoms with E-state index in [-0.39, 0.29) is 12.2 Å². The zero-order valence-corrected chi connectivity index (χ0v) is 14.1. The van der Waals surface area contributed by atoms with Crippen LogP contribution < -0.4 is 10.1 Å². The monoisotopic (exact) mass is 369 g/mol. The molecule has 4 aromatic rings. The Hall–Kier alpha value is -3.33. The van der Waals surface area contributed by atoms with Crippen LogP contribution in [0.4, 0.5) is 9.52 Å². The van der Waals surface area contributed by atoms with E-state index in [1.165, 1.54) is 22.7 Å². The molecule has 0 unspecified atom stereocenters. The van der Waals surface area contributed by atoms with Gasteiger partial charge < -0.3 is 4.74 Å². The number of anilines is 1. The SMILES string of the molecule is O=C(Nc1nn2c(COc3ccccc3)nnc2s1)c1cccc(F)c1. The fourth-order valence-electron chi connectivity index (χ4n) is 2.26. The number of amides is 1. The van der Waals surface area contributed by atoms with Crippen molar-refractivity contribution in [3.8, 4) is 5.75 Å². The van der Waals surface area contributed by atoms with Gasteiger partial charge in [-0.15, -0.1) is 15.3 Å². The van der Waals surface area contributed by atoms with E-state index in [1.54, 1.807) is 0 Å². The third-order valence-electron chi connectivity index (χ3n) is 3.47. The van der Waals surface area contributed by atoms with Crippen LogP contribution in [0, 0.1) is 5.82 Å². The molecule has 0 saturated carbocycles. The Balaban J connectivity index is 1.49. The van der Waals surface area contributed by atoms with Crippen molar-refractivity contribution in [3.05, 3.63) is 71.8 Å². The number of fused-ring (bicyclic) bond motifs is 1. The first kappa shape index (κ1) is 16.2. The van der Waals surface area contributed by atoms with Crippen LogP contribution in [0.1, 0.15) is 16.2 Å². The third-order valence-corrected chi connectivity index (χ3v) is 4.29. The van der Waals surface area contributed by atoms with Gasteiger partial charge in [-0.2, -0.15) is 4.52 Å². The van der Waals surface area contributed by atoms with Crippen molar-refractivity contribution in [1.82, 2.24) is 19.8 Å². The summed E-state index contributed by atoms with van der Waals surface area (Å²) in [5.74, 6) is 0.290. The van der Waals surface area contributed by atoms with Crippen molar-refractivity contribution in [3.63, 3.8) is 0 Å². The number of para-hydroxylation sites is 1. The Morgan fingerprint density at radius 2 is 2.00 bits per heavy atom. The largest absolute Gasteiger partial charge is 0.486 e. The summed E-state index contributed by atoms with van der Waals surface area (Å²) in [5, 5.41) is 15.3. The third kappa shape index (κ3) is 3.38. The molecule has 130 valence electrons. The van der Waals surface area contributed by atoms with Crippen molar-refractivity contribution in [1.29, 1.82) is 0 Å². The van der Waals surface area contributed by atoms with Gasteiger partial charge in [-0.3, -0.25) is 10.1 Å². The van der Waals surface area contributed by atoms with Crippen molar-refractivity contribution < 1.29 is 13.9 Å². The van der Waals surface area contributed by atoms with Gasteiger partial charge in [-0.25, -0.2) is 4.39 Å². The molecule has 0 spiro atoms. The first-order chi connectivity index (χ1) is 12.7. The fraction of sp³-hybridized carbons (Fsp3) is 0.0588. The summed E-state index contributed by atoms with van der Waals surface area (Å²) >= 11 is 1.16. The molecule has 1 N–H and O–H groups in total. The Labute approximate surface area is 151 Å². The maximum Gasteiger partial charge on any atom is 0.257 e. The second-order valence-corrected chi connectivity index (χ2v) is 6.24. The lowest BCUT2D eigenvalue weighted by atomic mass is 10.2. The number of aromatic nitrogens is 4. The molecule has 0 fully saturated rings. The van der Waals surface area contributed by atoms with Gasteiger partial charge in [-0.05, 0) is 30.3 Å². The van der Waals surface area contributed by atoms with Crippen molar-refractivity contribution in [2.24, 2.45) is 0 Å². The minimum Gasteiger partial charge on any atom is -0.486 e. The van der Waals surface area contributed by atoms with E-state index in [1.807, 2.05) is 30.3 Å². The lowest BCUT2D eigenvalue weighted by Gasteiger charge is -2.03. The van der Waals surface area contributed by atoms with Crippen LogP contribution in [0.2, 0.25) is 0 Å². The summed E-state index contributed by atoms with van der Waals surface area (Å²) in [6.45, 7) is 0.187. The summed E-state index contributed by atoms with van der Waals surface area (Å²) in [4.78, 5) is 12.7. The second-order valence-electron chi connectivity index (χ2n) is 5.28. The van der Waals surface area contributed by atoms with E-state index >= 15 is 0 Å². The quantitative estimate of drug-likeness (QED) is 0.584. The Kier molecular flexibility index (Phi) is 4.28. The van der Waals surface area contributed by atoms with Crippen LogP contribution in [-0.4, -0.2) is 25.7 Å². The van der Waals surface area contributed by atoms with Crippen LogP contribution in [0.5, 0.6) is 5.75 Å². The first-order valence-corrected chi connectivity index (χ1v) is 8.46. The molecule has 4 rings (SSSR count). The molecule has 0 saturated heterocycles. The van der Waals surface area contributed by atoms with Crippen molar-refractivity contribution in [2.75, 3.05) is 5.32 Å². The molecule has 2 heterocycles. The van der Waals surface area contributed by atoms with E-state index in [2.05, 4.69) is 20.6 Å². The molecule has 2 aromatic heterocycles. The van der Waals surface area contributed by atoms with E-state index in [0.717, 1.165) is 17.4 Å². The first-order valence-electron chi connectivity index (χ1n) is 7.65. The normalized spacial score (nSPS) is 10.8. The summed E-state index contributed by atoms with van der Waals surface area (Å²) < 4.78 is 20.4. The molecule has 0 aliphatic rings. The average molecular weight is 369 g/mol. The summed E-state index contributed by atoms with van der Waals surface area (Å²) in [7, 11) is 0. The highest BCUT2D eigenvalue weighted by Gasteiger charge is 2.15. The highest BCUT2D eigenvalue weighted by Crippen LogP contribution is 2.20. The molecule has 0 aliphatic carbocycles. The van der Waals surface area contributed by atoms with Gasteiger partial charge in [-0.1, -0.05) is 35.6 Å². The summed E-state index contributed by atoms with van der Waals surface area (Å²) in [6.07, 6.45) is 0. The van der Waals surface area contributed by atoms with E-state index in [9.17, 15) is 9.18 Å². The number of hydrogen-bond acceptors (Lipinski definition) is 6. The Morgan fingerprint density at radius 1 is 1.15 bits per heavy atom. The Morgan fingerprint density at radius 3 is 2.81 bits per heavy atom. The summed E-state index contributed by atoms with van der Waals surface area (Å²) in [6, 6.07) is 14.8.